The number of urea groups is 1. The van der Waals surface area contributed by atoms with Crippen molar-refractivity contribution in [2.24, 2.45) is 5.73 Å². The predicted molar refractivity (Wildman–Crippen MR) is 245 cm³/mol. The predicted octanol–water partition coefficient (Wildman–Crippen LogP) is 3.33. The van der Waals surface area contributed by atoms with Gasteiger partial charge in [-0.05, 0) is 73.7 Å². The molecular formula is C46H62N8O14. The minimum absolute atomic E-state index is 0.0143. The molecule has 2 fully saturated rings. The summed E-state index contributed by atoms with van der Waals surface area (Å²) in [6, 6.07) is 13.5. The molecule has 10 N–H and O–H groups in total. The molecule has 6 amide bonds. The van der Waals surface area contributed by atoms with Gasteiger partial charge in [0.05, 0.1) is 18.3 Å². The summed E-state index contributed by atoms with van der Waals surface area (Å²) in [5.74, 6) is -2.69. The lowest BCUT2D eigenvalue weighted by atomic mass is 9.95. The maximum Gasteiger partial charge on any atom is 0.411 e. The molecular weight excluding hydrogens is 889 g/mol. The molecule has 0 bridgehead atoms. The number of aromatic nitrogens is 1. The highest BCUT2D eigenvalue weighted by Gasteiger charge is 2.48. The quantitative estimate of drug-likeness (QED) is 0.0486. The molecule has 1 aliphatic carbocycles. The summed E-state index contributed by atoms with van der Waals surface area (Å²) in [5, 5.41) is 52.3. The van der Waals surface area contributed by atoms with Gasteiger partial charge in [0.1, 0.15) is 30.7 Å². The highest BCUT2D eigenvalue weighted by Crippen LogP contribution is 2.31. The van der Waals surface area contributed by atoms with E-state index in [2.05, 4.69) is 26.3 Å². The van der Waals surface area contributed by atoms with Crippen LogP contribution in [0.2, 0.25) is 0 Å². The summed E-state index contributed by atoms with van der Waals surface area (Å²) >= 11 is 0. The van der Waals surface area contributed by atoms with Crippen LogP contribution in [0.3, 0.4) is 0 Å². The van der Waals surface area contributed by atoms with Crippen LogP contribution in [-0.2, 0) is 35.3 Å². The minimum Gasteiger partial charge on any atom is -0.479 e. The van der Waals surface area contributed by atoms with Crippen molar-refractivity contribution >= 4 is 52.9 Å². The van der Waals surface area contributed by atoms with E-state index in [9.17, 15) is 49.2 Å². The van der Waals surface area contributed by atoms with Crippen molar-refractivity contribution in [3.05, 3.63) is 78.1 Å². The number of amides is 6. The van der Waals surface area contributed by atoms with E-state index in [0.717, 1.165) is 51.4 Å². The number of hydrogen-bond acceptors (Lipinski definition) is 15. The summed E-state index contributed by atoms with van der Waals surface area (Å²) in [6.45, 7) is 0.476. The number of pyridine rings is 1. The van der Waals surface area contributed by atoms with Gasteiger partial charge in [0.2, 0.25) is 18.1 Å². The number of carbonyl (C=O) groups is 6. The monoisotopic (exact) mass is 950 g/mol. The van der Waals surface area contributed by atoms with Crippen LogP contribution in [0, 0.1) is 0 Å². The zero-order valence-corrected chi connectivity index (χ0v) is 37.9. The maximum atomic E-state index is 13.5. The van der Waals surface area contributed by atoms with Crippen LogP contribution in [-0.4, -0.2) is 141 Å². The van der Waals surface area contributed by atoms with Gasteiger partial charge in [-0.1, -0.05) is 44.2 Å². The van der Waals surface area contributed by atoms with Crippen molar-refractivity contribution in [3.8, 4) is 5.75 Å². The Bertz CT molecular complexity index is 2150. The average Bonchev–Trinajstić information content (AvgIpc) is 3.32. The number of aliphatic carboxylic acids is 1. The van der Waals surface area contributed by atoms with E-state index >= 15 is 0 Å². The lowest BCUT2D eigenvalue weighted by Gasteiger charge is -2.38. The van der Waals surface area contributed by atoms with Gasteiger partial charge >= 0.3 is 18.1 Å². The van der Waals surface area contributed by atoms with E-state index < -0.39 is 48.7 Å². The van der Waals surface area contributed by atoms with E-state index in [0.29, 0.717) is 30.6 Å². The summed E-state index contributed by atoms with van der Waals surface area (Å²) in [6.07, 6.45) is 1.02. The first-order valence-corrected chi connectivity index (χ1v) is 22.6. The van der Waals surface area contributed by atoms with Gasteiger partial charge in [0, 0.05) is 68.9 Å². The SMILES string of the molecule is CN(CCON(C(=O)CCCCCCNC(=O)Nc1ccncc1)C1CCCCC1)C(=O)c1cccc(NC(=O)OCc2ccc(O[C@@H]3O[C@H](C(=O)O)[C@@H](O)[C@H](O)[C@H]3O)c(NC(=O)CCN)c2)c1. The molecule has 1 saturated carbocycles. The molecule has 1 aromatic heterocycles. The van der Waals surface area contributed by atoms with Crippen LogP contribution in [0.15, 0.2) is 67.0 Å². The first-order chi connectivity index (χ1) is 32.7. The smallest absolute Gasteiger partial charge is 0.411 e. The summed E-state index contributed by atoms with van der Waals surface area (Å²) in [7, 11) is 1.61. The second-order valence-corrected chi connectivity index (χ2v) is 16.4. The Morgan fingerprint density at radius 2 is 1.59 bits per heavy atom. The Labute approximate surface area is 393 Å². The Hall–Kier alpha value is -6.43. The third-order valence-electron chi connectivity index (χ3n) is 11.2. The van der Waals surface area contributed by atoms with E-state index in [4.69, 9.17) is 24.8 Å². The molecule has 2 aromatic carbocycles. The van der Waals surface area contributed by atoms with E-state index in [1.54, 1.807) is 49.8 Å². The van der Waals surface area contributed by atoms with Crippen molar-refractivity contribution in [3.63, 3.8) is 0 Å². The number of benzene rings is 2. The van der Waals surface area contributed by atoms with Gasteiger partial charge in [-0.3, -0.25) is 29.5 Å². The number of rotatable bonds is 23. The van der Waals surface area contributed by atoms with Crippen molar-refractivity contribution in [1.82, 2.24) is 20.3 Å². The number of nitrogens with two attached hydrogens (primary N) is 1. The zero-order chi connectivity index (χ0) is 49.0. The highest BCUT2D eigenvalue weighted by molar-refractivity contribution is 5.96. The zero-order valence-electron chi connectivity index (χ0n) is 37.9. The topological polar surface area (TPSA) is 314 Å². The molecule has 5 atom stereocenters. The van der Waals surface area contributed by atoms with Crippen molar-refractivity contribution in [2.45, 2.75) is 114 Å². The molecule has 0 spiro atoms. The van der Waals surface area contributed by atoms with Gasteiger partial charge < -0.3 is 61.2 Å². The molecule has 3 aromatic rings. The van der Waals surface area contributed by atoms with Crippen LogP contribution in [0.1, 0.15) is 86.6 Å². The number of likely N-dealkylation sites (N-methyl/N-ethyl adjacent to an activating group) is 1. The number of aliphatic hydroxyl groups excluding tert-OH is 3. The van der Waals surface area contributed by atoms with Crippen LogP contribution in [0.5, 0.6) is 5.75 Å². The number of carboxylic acids is 1. The maximum absolute atomic E-state index is 13.5. The molecule has 5 rings (SSSR count). The number of anilines is 3. The number of ether oxygens (including phenoxy) is 3. The molecule has 370 valence electrons. The standard InChI is InChI=1S/C46H62N8O14/c1-53(24-25-66-54(33-12-5-4-6-13-33)37(56)14-7-2-3-8-21-49-45(63)50-31-18-22-48-23-19-31)42(60)30-10-9-11-32(27-30)51-46(64)65-28-29-15-16-35(34(26-29)52-36(55)17-20-47)67-44-40(59)38(57)39(58)41(68-44)43(61)62/h9-11,15-16,18-19,22-23,26-27,33,38-41,44,57-59H,2-8,12-14,17,20-21,24-25,28,47H2,1H3,(H,51,64)(H,52,55)(H,61,62)(H2,48,49,50,63)/t38-,39-,40+,41-,44+/m0/s1. The molecule has 2 heterocycles. The molecule has 22 heteroatoms. The van der Waals surface area contributed by atoms with Gasteiger partial charge in [0.15, 0.2) is 6.10 Å². The van der Waals surface area contributed by atoms with Gasteiger partial charge in [-0.25, -0.2) is 19.4 Å². The molecule has 22 nitrogen and oxygen atoms in total. The third kappa shape index (κ3) is 16.1. The lowest BCUT2D eigenvalue weighted by Crippen LogP contribution is -2.61. The van der Waals surface area contributed by atoms with Gasteiger partial charge in [-0.2, -0.15) is 0 Å². The molecule has 68 heavy (non-hydrogen) atoms. The van der Waals surface area contributed by atoms with E-state index in [1.165, 1.54) is 34.2 Å². The Morgan fingerprint density at radius 1 is 0.838 bits per heavy atom. The Balaban J connectivity index is 1.08. The number of hydrogen-bond donors (Lipinski definition) is 9. The number of carbonyl (C=O) groups excluding carboxylic acids is 5. The van der Waals surface area contributed by atoms with Crippen LogP contribution >= 0.6 is 0 Å². The van der Waals surface area contributed by atoms with Crippen LogP contribution in [0.4, 0.5) is 26.7 Å². The average molecular weight is 951 g/mol. The number of unbranched alkanes of at least 4 members (excludes halogenated alkanes) is 3. The second-order valence-electron chi connectivity index (χ2n) is 16.4. The fourth-order valence-electron chi connectivity index (χ4n) is 7.49. The van der Waals surface area contributed by atoms with E-state index in [-0.39, 0.29) is 79.3 Å². The summed E-state index contributed by atoms with van der Waals surface area (Å²) < 4.78 is 16.3. The van der Waals surface area contributed by atoms with Gasteiger partial charge in [0.25, 0.3) is 5.91 Å². The number of nitrogens with zero attached hydrogens (tertiary/aromatic N) is 3. The van der Waals surface area contributed by atoms with Crippen LogP contribution in [0.25, 0.3) is 0 Å². The van der Waals surface area contributed by atoms with Crippen molar-refractivity contribution in [2.75, 3.05) is 49.2 Å². The largest absolute Gasteiger partial charge is 0.479 e. The molecule has 1 aliphatic heterocycles. The number of carboxylic acid groups (broad SMARTS) is 1. The summed E-state index contributed by atoms with van der Waals surface area (Å²) in [4.78, 5) is 87.4. The lowest BCUT2D eigenvalue weighted by molar-refractivity contribution is -0.271. The fraction of sp³-hybridized carbons (Fsp3) is 0.500. The molecule has 2 aliphatic rings. The van der Waals surface area contributed by atoms with Gasteiger partial charge in [-0.15, -0.1) is 0 Å². The molecule has 0 unspecified atom stereocenters. The summed E-state index contributed by atoms with van der Waals surface area (Å²) in [5.41, 5.74) is 7.08. The second kappa shape index (κ2) is 26.8. The number of nitrogens with one attached hydrogen (secondary N) is 4. The highest BCUT2D eigenvalue weighted by atomic mass is 16.7. The van der Waals surface area contributed by atoms with Crippen molar-refractivity contribution < 1.29 is 68.2 Å². The number of hydroxylamine groups is 2. The third-order valence-corrected chi connectivity index (χ3v) is 11.2. The van der Waals surface area contributed by atoms with Crippen LogP contribution < -0.4 is 31.7 Å². The minimum atomic E-state index is -1.94. The van der Waals surface area contributed by atoms with Crippen molar-refractivity contribution in [1.29, 1.82) is 0 Å². The first-order valence-electron chi connectivity index (χ1n) is 22.6. The first kappa shape index (κ1) is 52.5. The molecule has 1 saturated heterocycles. The molecule has 0 radical (unpaired) electrons. The number of aliphatic hydroxyl groups is 3. The normalized spacial score (nSPS) is 19.2. The fourth-order valence-corrected chi connectivity index (χ4v) is 7.49. The Kier molecular flexibility index (Phi) is 20.7. The Morgan fingerprint density at radius 3 is 2.32 bits per heavy atom. The van der Waals surface area contributed by atoms with E-state index in [1.807, 2.05) is 0 Å².